The molecule has 0 bridgehead atoms. The maximum Gasteiger partial charge on any atom is 0.309 e. The van der Waals surface area contributed by atoms with Crippen molar-refractivity contribution >= 4 is 5.97 Å². The lowest BCUT2D eigenvalue weighted by Gasteiger charge is -2.34. The van der Waals surface area contributed by atoms with Crippen molar-refractivity contribution in [1.29, 1.82) is 0 Å². The molecule has 1 aliphatic rings. The van der Waals surface area contributed by atoms with Gasteiger partial charge in [-0.3, -0.25) is 4.79 Å². The SMILES string of the molecule is CC(C)CC[C@@H](CC=CCCC1CCCCC1)CC[C@H](CCN)[C@H](CCc1ccccc1)[C@H](C(=O)O)[C@H](C)O. The maximum absolute atomic E-state index is 12.3. The Morgan fingerprint density at radius 2 is 1.64 bits per heavy atom. The fourth-order valence-corrected chi connectivity index (χ4v) is 6.83. The van der Waals surface area contributed by atoms with Crippen molar-refractivity contribution in [2.45, 2.75) is 123 Å². The number of carbonyl (C=O) groups is 1. The lowest BCUT2D eigenvalue weighted by molar-refractivity contribution is -0.149. The van der Waals surface area contributed by atoms with Gasteiger partial charge in [0.25, 0.3) is 0 Å². The molecule has 0 unspecified atom stereocenters. The highest BCUT2D eigenvalue weighted by atomic mass is 16.4. The number of carboxylic acids is 1. The summed E-state index contributed by atoms with van der Waals surface area (Å²) in [5, 5.41) is 20.6. The third-order valence-electron chi connectivity index (χ3n) is 9.22. The number of nitrogens with two attached hydrogens (primary N) is 1. The third-order valence-corrected chi connectivity index (χ3v) is 9.22. The number of rotatable bonds is 20. The Morgan fingerprint density at radius 1 is 0.949 bits per heavy atom. The minimum Gasteiger partial charge on any atom is -0.481 e. The van der Waals surface area contributed by atoms with E-state index in [0.29, 0.717) is 18.4 Å². The molecule has 39 heavy (non-hydrogen) atoms. The zero-order chi connectivity index (χ0) is 28.5. The van der Waals surface area contributed by atoms with Gasteiger partial charge in [0.1, 0.15) is 0 Å². The van der Waals surface area contributed by atoms with Gasteiger partial charge in [0.2, 0.25) is 0 Å². The van der Waals surface area contributed by atoms with E-state index in [2.05, 4.69) is 38.1 Å². The van der Waals surface area contributed by atoms with Gasteiger partial charge in [-0.05, 0) is 106 Å². The molecule has 0 amide bonds. The van der Waals surface area contributed by atoms with Crippen molar-refractivity contribution in [3.8, 4) is 0 Å². The van der Waals surface area contributed by atoms with Gasteiger partial charge in [-0.2, -0.15) is 0 Å². The highest BCUT2D eigenvalue weighted by Crippen LogP contribution is 2.36. The second kappa shape index (κ2) is 19.4. The highest BCUT2D eigenvalue weighted by Gasteiger charge is 2.37. The number of aryl methyl sites for hydroxylation is 1. The summed E-state index contributed by atoms with van der Waals surface area (Å²) < 4.78 is 0. The van der Waals surface area contributed by atoms with Crippen LogP contribution in [0.5, 0.6) is 0 Å². The summed E-state index contributed by atoms with van der Waals surface area (Å²) in [6.45, 7) is 6.79. The molecule has 4 nitrogen and oxygen atoms in total. The normalized spacial score (nSPS) is 18.7. The van der Waals surface area contributed by atoms with Crippen molar-refractivity contribution in [2.75, 3.05) is 6.54 Å². The number of benzene rings is 1. The molecular weight excluding hydrogens is 482 g/mol. The number of aliphatic hydroxyl groups is 1. The summed E-state index contributed by atoms with van der Waals surface area (Å²) in [6, 6.07) is 10.3. The summed E-state index contributed by atoms with van der Waals surface area (Å²) in [7, 11) is 0. The average Bonchev–Trinajstić information content (AvgIpc) is 2.91. The quantitative estimate of drug-likeness (QED) is 0.145. The van der Waals surface area contributed by atoms with Crippen LogP contribution in [0.1, 0.15) is 116 Å². The van der Waals surface area contributed by atoms with Crippen LogP contribution in [-0.2, 0) is 11.2 Å². The summed E-state index contributed by atoms with van der Waals surface area (Å²) >= 11 is 0. The van der Waals surface area contributed by atoms with Gasteiger partial charge in [0.05, 0.1) is 12.0 Å². The summed E-state index contributed by atoms with van der Waals surface area (Å²) in [5.74, 6) is 0.688. The minimum atomic E-state index is -0.887. The topological polar surface area (TPSA) is 83.6 Å². The molecule has 0 spiro atoms. The van der Waals surface area contributed by atoms with E-state index < -0.39 is 18.0 Å². The van der Waals surface area contributed by atoms with Crippen LogP contribution in [0.15, 0.2) is 42.5 Å². The lowest BCUT2D eigenvalue weighted by Crippen LogP contribution is -2.38. The molecule has 4 N–H and O–H groups in total. The van der Waals surface area contributed by atoms with E-state index in [1.165, 1.54) is 63.4 Å². The van der Waals surface area contributed by atoms with E-state index in [4.69, 9.17) is 5.73 Å². The molecule has 0 aromatic heterocycles. The lowest BCUT2D eigenvalue weighted by atomic mass is 9.71. The van der Waals surface area contributed by atoms with Crippen molar-refractivity contribution in [3.63, 3.8) is 0 Å². The van der Waals surface area contributed by atoms with Gasteiger partial charge >= 0.3 is 5.97 Å². The number of hydrogen-bond donors (Lipinski definition) is 3. The standard InChI is InChI=1S/C35H59NO3/c1-27(2)19-20-31(18-12-5-9-15-29-13-7-4-8-14-29)21-23-32(25-26-36)33(34(28(3)37)35(38)39)24-22-30-16-10-6-11-17-30/h5-6,10-12,16-17,27-29,31-34,37H,4,7-9,13-15,18-26,36H2,1-3H3,(H,38,39)/t28-,31+,32+,33-,34+/m0/s1. The molecule has 1 aromatic carbocycles. The first-order valence-electron chi connectivity index (χ1n) is 16.1. The second-order valence-electron chi connectivity index (χ2n) is 12.8. The number of aliphatic hydroxyl groups excluding tert-OH is 1. The van der Waals surface area contributed by atoms with Gasteiger partial charge in [-0.25, -0.2) is 0 Å². The monoisotopic (exact) mass is 541 g/mol. The number of aliphatic carboxylic acids is 1. The summed E-state index contributed by atoms with van der Waals surface area (Å²) in [5.41, 5.74) is 7.30. The number of allylic oxidation sites excluding steroid dienone is 2. The average molecular weight is 542 g/mol. The fourth-order valence-electron chi connectivity index (χ4n) is 6.83. The summed E-state index contributed by atoms with van der Waals surface area (Å²) in [6.07, 6.45) is 21.6. The van der Waals surface area contributed by atoms with Gasteiger partial charge in [-0.1, -0.05) is 94.9 Å². The molecule has 4 heteroatoms. The number of carboxylic acid groups (broad SMARTS) is 1. The first kappa shape index (κ1) is 33.6. The van der Waals surface area contributed by atoms with E-state index in [1.807, 2.05) is 18.2 Å². The molecule has 1 fully saturated rings. The highest BCUT2D eigenvalue weighted by molar-refractivity contribution is 5.71. The zero-order valence-electron chi connectivity index (χ0n) is 25.3. The Bertz CT molecular complexity index is 784. The van der Waals surface area contributed by atoms with Crippen LogP contribution in [-0.4, -0.2) is 28.8 Å². The van der Waals surface area contributed by atoms with Gasteiger partial charge in [-0.15, -0.1) is 0 Å². The molecule has 5 atom stereocenters. The van der Waals surface area contributed by atoms with Crippen molar-refractivity contribution in [2.24, 2.45) is 41.2 Å². The van der Waals surface area contributed by atoms with Crippen LogP contribution in [0, 0.1) is 35.5 Å². The molecule has 1 aliphatic carbocycles. The number of hydrogen-bond acceptors (Lipinski definition) is 3. The fraction of sp³-hybridized carbons (Fsp3) is 0.743. The molecule has 0 heterocycles. The molecule has 0 radical (unpaired) electrons. The van der Waals surface area contributed by atoms with Crippen molar-refractivity contribution in [1.82, 2.24) is 0 Å². The van der Waals surface area contributed by atoms with Crippen LogP contribution < -0.4 is 5.73 Å². The van der Waals surface area contributed by atoms with Crippen molar-refractivity contribution in [3.05, 3.63) is 48.0 Å². The first-order chi connectivity index (χ1) is 18.8. The van der Waals surface area contributed by atoms with Crippen LogP contribution in [0.4, 0.5) is 0 Å². The third kappa shape index (κ3) is 13.5. The van der Waals surface area contributed by atoms with E-state index in [1.54, 1.807) is 6.92 Å². The zero-order valence-corrected chi connectivity index (χ0v) is 25.3. The smallest absolute Gasteiger partial charge is 0.309 e. The minimum absolute atomic E-state index is 0.0944. The molecular formula is C35H59NO3. The Hall–Kier alpha value is -1.65. The van der Waals surface area contributed by atoms with Crippen LogP contribution in [0.25, 0.3) is 0 Å². The second-order valence-corrected chi connectivity index (χ2v) is 12.8. The van der Waals surface area contributed by atoms with Gasteiger partial charge in [0, 0.05) is 0 Å². The molecule has 2 rings (SSSR count). The Balaban J connectivity index is 2.05. The molecule has 1 aromatic rings. The predicted molar refractivity (Wildman–Crippen MR) is 165 cm³/mol. The predicted octanol–water partition coefficient (Wildman–Crippen LogP) is 8.42. The summed E-state index contributed by atoms with van der Waals surface area (Å²) in [4.78, 5) is 12.3. The molecule has 1 saturated carbocycles. The Kier molecular flexibility index (Phi) is 16.7. The van der Waals surface area contributed by atoms with E-state index >= 15 is 0 Å². The van der Waals surface area contributed by atoms with Crippen LogP contribution >= 0.6 is 0 Å². The van der Waals surface area contributed by atoms with Gasteiger partial charge < -0.3 is 15.9 Å². The van der Waals surface area contributed by atoms with E-state index in [-0.39, 0.29) is 11.8 Å². The van der Waals surface area contributed by atoms with Crippen LogP contribution in [0.3, 0.4) is 0 Å². The Morgan fingerprint density at radius 3 is 2.26 bits per heavy atom. The van der Waals surface area contributed by atoms with E-state index in [0.717, 1.165) is 44.4 Å². The first-order valence-corrected chi connectivity index (χ1v) is 16.1. The largest absolute Gasteiger partial charge is 0.481 e. The van der Waals surface area contributed by atoms with Crippen LogP contribution in [0.2, 0.25) is 0 Å². The molecule has 222 valence electrons. The van der Waals surface area contributed by atoms with Gasteiger partial charge in [0.15, 0.2) is 0 Å². The Labute approximate surface area is 239 Å². The van der Waals surface area contributed by atoms with E-state index in [9.17, 15) is 15.0 Å². The van der Waals surface area contributed by atoms with Crippen molar-refractivity contribution < 1.29 is 15.0 Å². The molecule has 0 aliphatic heterocycles. The maximum atomic E-state index is 12.3. The molecule has 0 saturated heterocycles.